The summed E-state index contributed by atoms with van der Waals surface area (Å²) in [5.74, 6) is 1.20. The minimum atomic E-state index is -0.340. The highest BCUT2D eigenvalue weighted by molar-refractivity contribution is 5.78. The van der Waals surface area contributed by atoms with E-state index in [1.165, 1.54) is 6.42 Å². The average Bonchev–Trinajstić information content (AvgIpc) is 2.89. The van der Waals surface area contributed by atoms with Gasteiger partial charge in [-0.3, -0.25) is 9.69 Å². The molecule has 0 aromatic rings. The van der Waals surface area contributed by atoms with Gasteiger partial charge in [0.2, 0.25) is 5.91 Å². The van der Waals surface area contributed by atoms with Crippen molar-refractivity contribution in [3.63, 3.8) is 0 Å². The second-order valence-electron chi connectivity index (χ2n) is 7.13. The number of rotatable bonds is 2. The highest BCUT2D eigenvalue weighted by Gasteiger charge is 2.40. The van der Waals surface area contributed by atoms with Crippen molar-refractivity contribution in [2.24, 2.45) is 11.8 Å². The predicted octanol–water partition coefficient (Wildman–Crippen LogP) is 1.33. The Kier molecular flexibility index (Phi) is 4.52. The first kappa shape index (κ1) is 15.3. The number of carbonyl (C=O) groups is 1. The van der Waals surface area contributed by atoms with Crippen LogP contribution in [0, 0.1) is 11.8 Å². The molecule has 3 fully saturated rings. The average molecular weight is 296 g/mol. The standard InChI is InChI=1S/C16H28N2O3/c1-13-9-14(2)11-18(10-13)15(19)12-17-5-3-16(4-6-17)20-7-8-21-16/h13-14H,3-12H2,1-2H3/t13-,14-/m1/s1. The molecular formula is C16H28N2O3. The second kappa shape index (κ2) is 6.23. The molecule has 1 amide bonds. The summed E-state index contributed by atoms with van der Waals surface area (Å²) in [6.45, 7) is 10.1. The summed E-state index contributed by atoms with van der Waals surface area (Å²) < 4.78 is 11.5. The summed E-state index contributed by atoms with van der Waals surface area (Å²) in [5.41, 5.74) is 0. The van der Waals surface area contributed by atoms with Gasteiger partial charge in [0, 0.05) is 39.0 Å². The van der Waals surface area contributed by atoms with Crippen LogP contribution in [0.1, 0.15) is 33.1 Å². The molecule has 3 rings (SSSR count). The Labute approximate surface area is 127 Å². The Morgan fingerprint density at radius 2 is 1.67 bits per heavy atom. The predicted molar refractivity (Wildman–Crippen MR) is 79.8 cm³/mol. The van der Waals surface area contributed by atoms with Crippen LogP contribution in [0.2, 0.25) is 0 Å². The molecule has 0 aromatic carbocycles. The van der Waals surface area contributed by atoms with E-state index < -0.39 is 0 Å². The molecule has 5 nitrogen and oxygen atoms in total. The van der Waals surface area contributed by atoms with E-state index in [1.54, 1.807) is 0 Å². The topological polar surface area (TPSA) is 42.0 Å². The summed E-state index contributed by atoms with van der Waals surface area (Å²) in [4.78, 5) is 16.8. The Bertz CT molecular complexity index is 362. The number of nitrogens with zero attached hydrogens (tertiary/aromatic N) is 2. The molecule has 0 saturated carbocycles. The van der Waals surface area contributed by atoms with E-state index in [0.29, 0.717) is 31.6 Å². The molecule has 0 aromatic heterocycles. The van der Waals surface area contributed by atoms with Crippen LogP contribution in [-0.2, 0) is 14.3 Å². The molecule has 120 valence electrons. The number of ether oxygens (including phenoxy) is 2. The molecule has 3 aliphatic heterocycles. The SMILES string of the molecule is C[C@@H]1C[C@@H](C)CN(C(=O)CN2CCC3(CC2)OCCO3)C1. The van der Waals surface area contributed by atoms with E-state index in [2.05, 4.69) is 23.6 Å². The monoisotopic (exact) mass is 296 g/mol. The summed E-state index contributed by atoms with van der Waals surface area (Å²) in [5, 5.41) is 0. The fourth-order valence-corrected chi connectivity index (χ4v) is 4.00. The van der Waals surface area contributed by atoms with Crippen LogP contribution in [0.5, 0.6) is 0 Å². The Balaban J connectivity index is 1.47. The van der Waals surface area contributed by atoms with Gasteiger partial charge in [-0.05, 0) is 18.3 Å². The molecule has 2 atom stereocenters. The lowest BCUT2D eigenvalue weighted by Gasteiger charge is -2.39. The van der Waals surface area contributed by atoms with Crippen LogP contribution in [0.15, 0.2) is 0 Å². The van der Waals surface area contributed by atoms with Gasteiger partial charge in [-0.2, -0.15) is 0 Å². The Hall–Kier alpha value is -0.650. The summed E-state index contributed by atoms with van der Waals surface area (Å²) in [6.07, 6.45) is 3.00. The van der Waals surface area contributed by atoms with Crippen LogP contribution in [0.25, 0.3) is 0 Å². The minimum Gasteiger partial charge on any atom is -0.347 e. The molecule has 1 spiro atoms. The molecule has 3 heterocycles. The smallest absolute Gasteiger partial charge is 0.236 e. The van der Waals surface area contributed by atoms with Crippen molar-refractivity contribution < 1.29 is 14.3 Å². The van der Waals surface area contributed by atoms with Gasteiger partial charge in [0.25, 0.3) is 0 Å². The van der Waals surface area contributed by atoms with E-state index in [9.17, 15) is 4.79 Å². The fourth-order valence-electron chi connectivity index (χ4n) is 4.00. The number of amides is 1. The summed E-state index contributed by atoms with van der Waals surface area (Å²) >= 11 is 0. The first-order chi connectivity index (χ1) is 10.1. The van der Waals surface area contributed by atoms with Crippen molar-refractivity contribution in [2.45, 2.75) is 38.9 Å². The van der Waals surface area contributed by atoms with Gasteiger partial charge in [0.05, 0.1) is 19.8 Å². The maximum Gasteiger partial charge on any atom is 0.236 e. The fraction of sp³-hybridized carbons (Fsp3) is 0.938. The maximum absolute atomic E-state index is 12.5. The van der Waals surface area contributed by atoms with Gasteiger partial charge in [0.15, 0.2) is 5.79 Å². The largest absolute Gasteiger partial charge is 0.347 e. The first-order valence-electron chi connectivity index (χ1n) is 8.34. The van der Waals surface area contributed by atoms with E-state index in [-0.39, 0.29) is 11.7 Å². The van der Waals surface area contributed by atoms with Crippen LogP contribution in [-0.4, -0.2) is 67.4 Å². The summed E-state index contributed by atoms with van der Waals surface area (Å²) in [6, 6.07) is 0. The molecule has 0 aliphatic carbocycles. The normalized spacial score (nSPS) is 33.5. The lowest BCUT2D eigenvalue weighted by Crippen LogP contribution is -2.51. The number of hydrogen-bond donors (Lipinski definition) is 0. The van der Waals surface area contributed by atoms with Crippen molar-refractivity contribution >= 4 is 5.91 Å². The van der Waals surface area contributed by atoms with Gasteiger partial charge in [0.1, 0.15) is 0 Å². The van der Waals surface area contributed by atoms with E-state index in [1.807, 2.05) is 0 Å². The maximum atomic E-state index is 12.5. The third-order valence-corrected chi connectivity index (χ3v) is 5.01. The van der Waals surface area contributed by atoms with Crippen molar-refractivity contribution in [1.82, 2.24) is 9.80 Å². The van der Waals surface area contributed by atoms with Crippen molar-refractivity contribution in [2.75, 3.05) is 45.9 Å². The van der Waals surface area contributed by atoms with Crippen molar-refractivity contribution in [3.05, 3.63) is 0 Å². The minimum absolute atomic E-state index is 0.289. The van der Waals surface area contributed by atoms with Gasteiger partial charge in [-0.25, -0.2) is 0 Å². The number of piperidine rings is 2. The second-order valence-corrected chi connectivity index (χ2v) is 7.13. The van der Waals surface area contributed by atoms with Crippen LogP contribution in [0.4, 0.5) is 0 Å². The molecule has 21 heavy (non-hydrogen) atoms. The lowest BCUT2D eigenvalue weighted by atomic mass is 9.92. The number of carbonyl (C=O) groups excluding carboxylic acids is 1. The van der Waals surface area contributed by atoms with Gasteiger partial charge in [-0.15, -0.1) is 0 Å². The van der Waals surface area contributed by atoms with Crippen LogP contribution in [0.3, 0.4) is 0 Å². The van der Waals surface area contributed by atoms with Gasteiger partial charge >= 0.3 is 0 Å². The molecule has 0 N–H and O–H groups in total. The Morgan fingerprint density at radius 3 is 2.24 bits per heavy atom. The Morgan fingerprint density at radius 1 is 1.10 bits per heavy atom. The molecular weight excluding hydrogens is 268 g/mol. The van der Waals surface area contributed by atoms with Gasteiger partial charge in [-0.1, -0.05) is 13.8 Å². The molecule has 3 saturated heterocycles. The zero-order valence-electron chi connectivity index (χ0n) is 13.3. The highest BCUT2D eigenvalue weighted by Crippen LogP contribution is 2.31. The number of hydrogen-bond acceptors (Lipinski definition) is 4. The van der Waals surface area contributed by atoms with E-state index in [4.69, 9.17) is 9.47 Å². The molecule has 0 bridgehead atoms. The van der Waals surface area contributed by atoms with Gasteiger partial charge < -0.3 is 14.4 Å². The van der Waals surface area contributed by atoms with Crippen molar-refractivity contribution in [3.8, 4) is 0 Å². The lowest BCUT2D eigenvalue weighted by molar-refractivity contribution is -0.186. The summed E-state index contributed by atoms with van der Waals surface area (Å²) in [7, 11) is 0. The van der Waals surface area contributed by atoms with E-state index >= 15 is 0 Å². The zero-order valence-corrected chi connectivity index (χ0v) is 13.3. The molecule has 5 heteroatoms. The third-order valence-electron chi connectivity index (χ3n) is 5.01. The first-order valence-corrected chi connectivity index (χ1v) is 8.34. The van der Waals surface area contributed by atoms with Crippen LogP contribution < -0.4 is 0 Å². The molecule has 3 aliphatic rings. The zero-order chi connectivity index (χ0) is 14.9. The quantitative estimate of drug-likeness (QED) is 0.771. The van der Waals surface area contributed by atoms with Crippen molar-refractivity contribution in [1.29, 1.82) is 0 Å². The molecule has 0 unspecified atom stereocenters. The number of likely N-dealkylation sites (tertiary alicyclic amines) is 2. The van der Waals surface area contributed by atoms with Crippen LogP contribution >= 0.6 is 0 Å². The molecule has 0 radical (unpaired) electrons. The third kappa shape index (κ3) is 3.58. The highest BCUT2D eigenvalue weighted by atomic mass is 16.7. The van der Waals surface area contributed by atoms with E-state index in [0.717, 1.165) is 39.0 Å².